The zero-order chi connectivity index (χ0) is 13.8. The second-order valence-corrected chi connectivity index (χ2v) is 5.91. The lowest BCUT2D eigenvalue weighted by Crippen LogP contribution is -2.32. The molecule has 0 aliphatic carbocycles. The lowest BCUT2D eigenvalue weighted by atomic mass is 10.0. The molecule has 0 aromatic heterocycles. The SMILES string of the molecule is CCC(CC)(CNc1cc(C)c(F)cc1N)SC. The molecule has 4 heteroatoms. The molecule has 0 saturated carbocycles. The fourth-order valence-corrected chi connectivity index (χ4v) is 2.76. The zero-order valence-corrected chi connectivity index (χ0v) is 12.5. The van der Waals surface area contributed by atoms with Crippen molar-refractivity contribution in [3.8, 4) is 0 Å². The van der Waals surface area contributed by atoms with Crippen LogP contribution in [0.2, 0.25) is 0 Å². The van der Waals surface area contributed by atoms with E-state index in [0.29, 0.717) is 11.3 Å². The molecule has 1 aromatic rings. The van der Waals surface area contributed by atoms with E-state index in [-0.39, 0.29) is 10.6 Å². The summed E-state index contributed by atoms with van der Waals surface area (Å²) in [7, 11) is 0. The Kier molecular flexibility index (Phi) is 5.32. The molecule has 0 unspecified atom stereocenters. The first-order valence-electron chi connectivity index (χ1n) is 6.32. The number of benzene rings is 1. The van der Waals surface area contributed by atoms with Crippen molar-refractivity contribution in [3.63, 3.8) is 0 Å². The predicted molar refractivity (Wildman–Crippen MR) is 80.9 cm³/mol. The molecule has 3 N–H and O–H groups in total. The molecule has 102 valence electrons. The Bertz CT molecular complexity index is 395. The van der Waals surface area contributed by atoms with Gasteiger partial charge in [0, 0.05) is 11.3 Å². The summed E-state index contributed by atoms with van der Waals surface area (Å²) in [5, 5.41) is 3.36. The average molecular weight is 270 g/mol. The number of anilines is 2. The van der Waals surface area contributed by atoms with Crippen LogP contribution in [0.15, 0.2) is 12.1 Å². The number of nitrogens with one attached hydrogen (secondary N) is 1. The van der Waals surface area contributed by atoms with Gasteiger partial charge in [-0.05, 0) is 43.7 Å². The van der Waals surface area contributed by atoms with Crippen molar-refractivity contribution in [1.82, 2.24) is 0 Å². The quantitative estimate of drug-likeness (QED) is 0.766. The molecule has 1 rings (SSSR count). The molecule has 0 aliphatic rings. The molecule has 0 heterocycles. The van der Waals surface area contributed by atoms with Gasteiger partial charge in [-0.25, -0.2) is 4.39 Å². The summed E-state index contributed by atoms with van der Waals surface area (Å²) in [6.45, 7) is 6.99. The minimum Gasteiger partial charge on any atom is -0.397 e. The van der Waals surface area contributed by atoms with Crippen LogP contribution in [-0.4, -0.2) is 17.5 Å². The van der Waals surface area contributed by atoms with Crippen LogP contribution in [0.3, 0.4) is 0 Å². The van der Waals surface area contributed by atoms with Crippen molar-refractivity contribution in [2.24, 2.45) is 0 Å². The Hall–Kier alpha value is -0.900. The van der Waals surface area contributed by atoms with Crippen LogP contribution < -0.4 is 11.1 Å². The molecule has 0 amide bonds. The van der Waals surface area contributed by atoms with Crippen molar-refractivity contribution in [1.29, 1.82) is 0 Å². The number of rotatable bonds is 6. The molecule has 0 atom stereocenters. The molecule has 0 radical (unpaired) electrons. The standard InChI is InChI=1S/C14H23FN2S/c1-5-14(6-2,18-4)9-17-13-7-10(3)11(15)8-12(13)16/h7-8,17H,5-6,9,16H2,1-4H3. The Balaban J connectivity index is 2.83. The summed E-state index contributed by atoms with van der Waals surface area (Å²) in [5.74, 6) is -0.250. The largest absolute Gasteiger partial charge is 0.397 e. The van der Waals surface area contributed by atoms with E-state index in [1.54, 1.807) is 13.0 Å². The molecule has 0 fully saturated rings. The highest BCUT2D eigenvalue weighted by molar-refractivity contribution is 8.00. The van der Waals surface area contributed by atoms with Gasteiger partial charge >= 0.3 is 0 Å². The van der Waals surface area contributed by atoms with Crippen LogP contribution in [0.1, 0.15) is 32.3 Å². The van der Waals surface area contributed by atoms with Crippen LogP contribution in [0.25, 0.3) is 0 Å². The second kappa shape index (κ2) is 6.32. The maximum Gasteiger partial charge on any atom is 0.128 e. The van der Waals surface area contributed by atoms with E-state index >= 15 is 0 Å². The Morgan fingerprint density at radius 3 is 2.44 bits per heavy atom. The van der Waals surface area contributed by atoms with Gasteiger partial charge in [-0.3, -0.25) is 0 Å². The topological polar surface area (TPSA) is 38.0 Å². The van der Waals surface area contributed by atoms with Crippen molar-refractivity contribution < 1.29 is 4.39 Å². The van der Waals surface area contributed by atoms with Gasteiger partial charge in [0.05, 0.1) is 11.4 Å². The van der Waals surface area contributed by atoms with E-state index in [1.165, 1.54) is 6.07 Å². The van der Waals surface area contributed by atoms with Crippen LogP contribution in [0.4, 0.5) is 15.8 Å². The molecule has 1 aromatic carbocycles. The number of nitrogens with two attached hydrogens (primary N) is 1. The van der Waals surface area contributed by atoms with Gasteiger partial charge in [0.25, 0.3) is 0 Å². The van der Waals surface area contributed by atoms with Gasteiger partial charge in [-0.2, -0.15) is 11.8 Å². The minimum absolute atomic E-state index is 0.217. The van der Waals surface area contributed by atoms with E-state index in [2.05, 4.69) is 25.4 Å². The molecule has 0 spiro atoms. The minimum atomic E-state index is -0.250. The van der Waals surface area contributed by atoms with Gasteiger partial charge in [0.2, 0.25) is 0 Å². The second-order valence-electron chi connectivity index (χ2n) is 4.64. The highest BCUT2D eigenvalue weighted by atomic mass is 32.2. The van der Waals surface area contributed by atoms with Crippen LogP contribution >= 0.6 is 11.8 Å². The third-order valence-corrected chi connectivity index (χ3v) is 5.24. The zero-order valence-electron chi connectivity index (χ0n) is 11.6. The molecule has 0 saturated heterocycles. The number of nitrogen functional groups attached to an aromatic ring is 1. The Morgan fingerprint density at radius 1 is 1.33 bits per heavy atom. The first-order valence-corrected chi connectivity index (χ1v) is 7.55. The number of aryl methyl sites for hydroxylation is 1. The molecular weight excluding hydrogens is 247 g/mol. The van der Waals surface area contributed by atoms with E-state index in [1.807, 2.05) is 11.8 Å². The first kappa shape index (κ1) is 15.2. The number of halogens is 1. The van der Waals surface area contributed by atoms with E-state index < -0.39 is 0 Å². The van der Waals surface area contributed by atoms with E-state index in [9.17, 15) is 4.39 Å². The monoisotopic (exact) mass is 270 g/mol. The Morgan fingerprint density at radius 2 is 1.94 bits per heavy atom. The fourth-order valence-electron chi connectivity index (χ4n) is 1.97. The first-order chi connectivity index (χ1) is 8.48. The molecule has 2 nitrogen and oxygen atoms in total. The highest BCUT2D eigenvalue weighted by Gasteiger charge is 2.24. The summed E-state index contributed by atoms with van der Waals surface area (Å²) < 4.78 is 13.5. The third-order valence-electron chi connectivity index (χ3n) is 3.65. The summed E-state index contributed by atoms with van der Waals surface area (Å²) in [4.78, 5) is 0. The normalized spacial score (nSPS) is 11.6. The third kappa shape index (κ3) is 3.31. The predicted octanol–water partition coefficient (Wildman–Crippen LogP) is 4.05. The Labute approximate surface area is 114 Å². The lowest BCUT2D eigenvalue weighted by molar-refractivity contribution is 0.574. The van der Waals surface area contributed by atoms with Gasteiger partial charge in [0.1, 0.15) is 5.82 Å². The molecule has 18 heavy (non-hydrogen) atoms. The van der Waals surface area contributed by atoms with Crippen molar-refractivity contribution >= 4 is 23.1 Å². The molecule has 0 bridgehead atoms. The van der Waals surface area contributed by atoms with Gasteiger partial charge in [-0.15, -0.1) is 0 Å². The van der Waals surface area contributed by atoms with Crippen molar-refractivity contribution in [2.75, 3.05) is 23.9 Å². The molecular formula is C14H23FN2S. The smallest absolute Gasteiger partial charge is 0.128 e. The van der Waals surface area contributed by atoms with E-state index in [4.69, 9.17) is 5.73 Å². The lowest BCUT2D eigenvalue weighted by Gasteiger charge is -2.30. The maximum atomic E-state index is 13.3. The number of thioether (sulfide) groups is 1. The van der Waals surface area contributed by atoms with Gasteiger partial charge in [-0.1, -0.05) is 13.8 Å². The summed E-state index contributed by atoms with van der Waals surface area (Å²) in [6.07, 6.45) is 4.32. The number of hydrogen-bond donors (Lipinski definition) is 2. The van der Waals surface area contributed by atoms with Crippen molar-refractivity contribution in [3.05, 3.63) is 23.5 Å². The van der Waals surface area contributed by atoms with Gasteiger partial charge in [0.15, 0.2) is 0 Å². The highest BCUT2D eigenvalue weighted by Crippen LogP contribution is 2.32. The summed E-state index contributed by atoms with van der Waals surface area (Å²) in [6, 6.07) is 3.16. The average Bonchev–Trinajstić information content (AvgIpc) is 2.37. The summed E-state index contributed by atoms with van der Waals surface area (Å²) in [5.41, 5.74) is 7.76. The van der Waals surface area contributed by atoms with Gasteiger partial charge < -0.3 is 11.1 Å². The molecule has 0 aliphatic heterocycles. The maximum absolute atomic E-state index is 13.3. The van der Waals surface area contributed by atoms with Crippen LogP contribution in [0.5, 0.6) is 0 Å². The summed E-state index contributed by atoms with van der Waals surface area (Å²) >= 11 is 1.87. The van der Waals surface area contributed by atoms with Crippen molar-refractivity contribution in [2.45, 2.75) is 38.4 Å². The van der Waals surface area contributed by atoms with Crippen LogP contribution in [0, 0.1) is 12.7 Å². The van der Waals surface area contributed by atoms with Crippen LogP contribution in [-0.2, 0) is 0 Å². The van der Waals surface area contributed by atoms with E-state index in [0.717, 1.165) is 25.1 Å². The fraction of sp³-hybridized carbons (Fsp3) is 0.571. The number of hydrogen-bond acceptors (Lipinski definition) is 3.